The molecular formula is C32H47F2N5O. The molecule has 0 bridgehead atoms. The van der Waals surface area contributed by atoms with E-state index in [-0.39, 0.29) is 43.6 Å². The van der Waals surface area contributed by atoms with Crippen LogP contribution < -0.4 is 10.6 Å². The van der Waals surface area contributed by atoms with Gasteiger partial charge >= 0.3 is 0 Å². The summed E-state index contributed by atoms with van der Waals surface area (Å²) in [5, 5.41) is 6.95. The Labute approximate surface area is 238 Å². The molecule has 2 aromatic rings. The number of piperazine rings is 1. The number of carbonyl (C=O) groups excluding carboxylic acids is 1. The second-order valence-corrected chi connectivity index (χ2v) is 11.6. The van der Waals surface area contributed by atoms with E-state index in [1.54, 1.807) is 0 Å². The lowest BCUT2D eigenvalue weighted by atomic mass is 9.86. The summed E-state index contributed by atoms with van der Waals surface area (Å²) < 4.78 is 27.3. The number of alkyl halides is 2. The van der Waals surface area contributed by atoms with Gasteiger partial charge in [0.15, 0.2) is 0 Å². The van der Waals surface area contributed by atoms with E-state index in [9.17, 15) is 13.6 Å². The highest BCUT2D eigenvalue weighted by molar-refractivity contribution is 5.79. The molecule has 2 heterocycles. The second-order valence-electron chi connectivity index (χ2n) is 11.6. The first-order chi connectivity index (χ1) is 19.4. The molecule has 1 amide bonds. The van der Waals surface area contributed by atoms with E-state index < -0.39 is 5.92 Å². The largest absolute Gasteiger partial charge is 0.349 e. The summed E-state index contributed by atoms with van der Waals surface area (Å²) in [5.74, 6) is -3.04. The van der Waals surface area contributed by atoms with Crippen LogP contribution in [0.1, 0.15) is 75.6 Å². The molecule has 40 heavy (non-hydrogen) atoms. The van der Waals surface area contributed by atoms with Crippen LogP contribution >= 0.6 is 0 Å². The quantitative estimate of drug-likeness (QED) is 0.305. The van der Waals surface area contributed by atoms with Gasteiger partial charge in [0.1, 0.15) is 0 Å². The zero-order valence-electron chi connectivity index (χ0n) is 24.0. The Kier molecular flexibility index (Phi) is 11.9. The number of hydrogen-bond donors (Lipinski definition) is 2. The summed E-state index contributed by atoms with van der Waals surface area (Å²) in [7, 11) is 0. The number of hydrogen-bond acceptors (Lipinski definition) is 5. The van der Waals surface area contributed by atoms with Gasteiger partial charge in [0.05, 0.1) is 11.7 Å². The van der Waals surface area contributed by atoms with Crippen molar-refractivity contribution in [3.05, 3.63) is 66.0 Å². The number of pyridine rings is 1. The number of amides is 1. The molecule has 2 aliphatic rings. The van der Waals surface area contributed by atoms with Crippen molar-refractivity contribution in [3.63, 3.8) is 0 Å². The highest BCUT2D eigenvalue weighted by Crippen LogP contribution is 2.36. The summed E-state index contributed by atoms with van der Waals surface area (Å²) in [4.78, 5) is 22.7. The van der Waals surface area contributed by atoms with E-state index in [4.69, 9.17) is 0 Å². The Morgan fingerprint density at radius 2 is 1.93 bits per heavy atom. The summed E-state index contributed by atoms with van der Waals surface area (Å²) in [6, 6.07) is 16.4. The molecule has 2 N–H and O–H groups in total. The average molecular weight is 556 g/mol. The van der Waals surface area contributed by atoms with Crippen LogP contribution in [0.25, 0.3) is 0 Å². The van der Waals surface area contributed by atoms with Crippen molar-refractivity contribution in [1.29, 1.82) is 0 Å². The van der Waals surface area contributed by atoms with Gasteiger partial charge in [0.2, 0.25) is 11.8 Å². The molecule has 1 aliphatic carbocycles. The minimum Gasteiger partial charge on any atom is -0.349 e. The lowest BCUT2D eigenvalue weighted by Gasteiger charge is -2.37. The molecule has 1 saturated heterocycles. The SMILES string of the molecule is CCCCCN(Cc1ccccn1)C[C@H]1CN(CC[C@H](NC(=O)C2CCC(F)(F)CC2)c2ccccc2)CCN1. The standard InChI is InChI=1S/C32H47F2N5O/c1-2-3-9-20-39(23-28-12-7-8-18-35-28)25-29-24-38(22-19-36-29)21-15-30(26-10-5-4-6-11-26)37-31(40)27-13-16-32(33,34)17-14-27/h4-8,10-12,18,27,29-30,36H,2-3,9,13-17,19-25H2,1H3,(H,37,40)/t29-,30+/m1/s1. The molecule has 4 rings (SSSR count). The fourth-order valence-corrected chi connectivity index (χ4v) is 5.98. The maximum Gasteiger partial charge on any atom is 0.248 e. The Morgan fingerprint density at radius 1 is 1.15 bits per heavy atom. The minimum atomic E-state index is -2.63. The minimum absolute atomic E-state index is 0.0835. The number of nitrogens with one attached hydrogen (secondary N) is 2. The molecule has 2 atom stereocenters. The number of unbranched alkanes of at least 4 members (excludes halogenated alkanes) is 2. The van der Waals surface area contributed by atoms with Crippen LogP contribution in [0.2, 0.25) is 0 Å². The maximum absolute atomic E-state index is 13.6. The zero-order chi connectivity index (χ0) is 28.2. The predicted octanol–water partition coefficient (Wildman–Crippen LogP) is 5.42. The van der Waals surface area contributed by atoms with Gasteiger partial charge in [-0.1, -0.05) is 56.2 Å². The molecule has 1 saturated carbocycles. The monoisotopic (exact) mass is 555 g/mol. The molecule has 220 valence electrons. The molecular weight excluding hydrogens is 508 g/mol. The first-order valence-corrected chi connectivity index (χ1v) is 15.2. The average Bonchev–Trinajstić information content (AvgIpc) is 2.96. The van der Waals surface area contributed by atoms with Crippen LogP contribution in [0.15, 0.2) is 54.7 Å². The van der Waals surface area contributed by atoms with Gasteiger partial charge in [-0.25, -0.2) is 8.78 Å². The van der Waals surface area contributed by atoms with Crippen molar-refractivity contribution in [2.75, 3.05) is 39.3 Å². The topological polar surface area (TPSA) is 60.5 Å². The van der Waals surface area contributed by atoms with Crippen molar-refractivity contribution in [2.24, 2.45) is 5.92 Å². The number of benzene rings is 1. The Hall–Kier alpha value is -2.42. The van der Waals surface area contributed by atoms with Crippen molar-refractivity contribution in [3.8, 4) is 0 Å². The van der Waals surface area contributed by atoms with Crippen LogP contribution in [0.5, 0.6) is 0 Å². The lowest BCUT2D eigenvalue weighted by Crippen LogP contribution is -2.55. The van der Waals surface area contributed by atoms with Gasteiger partial charge in [0, 0.05) is 70.3 Å². The zero-order valence-corrected chi connectivity index (χ0v) is 24.0. The fraction of sp³-hybridized carbons (Fsp3) is 0.625. The molecule has 1 aromatic carbocycles. The van der Waals surface area contributed by atoms with E-state index in [2.05, 4.69) is 44.5 Å². The molecule has 1 aromatic heterocycles. The van der Waals surface area contributed by atoms with Crippen molar-refractivity contribution in [1.82, 2.24) is 25.4 Å². The molecule has 2 fully saturated rings. The van der Waals surface area contributed by atoms with Crippen LogP contribution in [0, 0.1) is 5.92 Å². The summed E-state index contributed by atoms with van der Waals surface area (Å²) in [6.45, 7) is 8.88. The van der Waals surface area contributed by atoms with Crippen LogP contribution in [0.4, 0.5) is 8.78 Å². The highest BCUT2D eigenvalue weighted by atomic mass is 19.3. The van der Waals surface area contributed by atoms with Gasteiger partial charge in [-0.2, -0.15) is 0 Å². The number of carbonyl (C=O) groups is 1. The second kappa shape index (κ2) is 15.5. The molecule has 8 heteroatoms. The number of halogens is 2. The molecule has 6 nitrogen and oxygen atoms in total. The predicted molar refractivity (Wildman–Crippen MR) is 156 cm³/mol. The van der Waals surface area contributed by atoms with Gasteiger partial charge < -0.3 is 15.5 Å². The van der Waals surface area contributed by atoms with Crippen LogP contribution in [-0.4, -0.2) is 71.9 Å². The summed E-state index contributed by atoms with van der Waals surface area (Å²) >= 11 is 0. The van der Waals surface area contributed by atoms with E-state index in [1.165, 1.54) is 19.3 Å². The van der Waals surface area contributed by atoms with Crippen LogP contribution in [-0.2, 0) is 11.3 Å². The smallest absolute Gasteiger partial charge is 0.248 e. The van der Waals surface area contributed by atoms with E-state index in [0.29, 0.717) is 6.04 Å². The third-order valence-corrected chi connectivity index (χ3v) is 8.35. The van der Waals surface area contributed by atoms with Gasteiger partial charge in [-0.15, -0.1) is 0 Å². The lowest BCUT2D eigenvalue weighted by molar-refractivity contribution is -0.130. The van der Waals surface area contributed by atoms with Gasteiger partial charge in [-0.05, 0) is 49.9 Å². The van der Waals surface area contributed by atoms with E-state index in [1.807, 2.05) is 42.6 Å². The highest BCUT2D eigenvalue weighted by Gasteiger charge is 2.38. The van der Waals surface area contributed by atoms with Crippen molar-refractivity contribution < 1.29 is 13.6 Å². The number of aromatic nitrogens is 1. The third kappa shape index (κ3) is 9.89. The Morgan fingerprint density at radius 3 is 2.65 bits per heavy atom. The molecule has 0 spiro atoms. The van der Waals surface area contributed by atoms with Gasteiger partial charge in [-0.3, -0.25) is 14.7 Å². The normalized spacial score (nSPS) is 20.9. The van der Waals surface area contributed by atoms with Crippen molar-refractivity contribution in [2.45, 2.75) is 82.8 Å². The summed E-state index contributed by atoms with van der Waals surface area (Å²) in [6.07, 6.45) is 6.41. The van der Waals surface area contributed by atoms with E-state index >= 15 is 0 Å². The number of nitrogens with zero attached hydrogens (tertiary/aromatic N) is 3. The fourth-order valence-electron chi connectivity index (χ4n) is 5.98. The molecule has 0 radical (unpaired) electrons. The van der Waals surface area contributed by atoms with Crippen LogP contribution in [0.3, 0.4) is 0 Å². The van der Waals surface area contributed by atoms with Crippen molar-refractivity contribution >= 4 is 5.91 Å². The first kappa shape index (κ1) is 30.5. The Bertz CT molecular complexity index is 999. The first-order valence-electron chi connectivity index (χ1n) is 15.2. The van der Waals surface area contributed by atoms with Gasteiger partial charge in [0.25, 0.3) is 0 Å². The third-order valence-electron chi connectivity index (χ3n) is 8.35. The number of rotatable bonds is 14. The van der Waals surface area contributed by atoms with E-state index in [0.717, 1.165) is 63.5 Å². The maximum atomic E-state index is 13.6. The Balaban J connectivity index is 1.32. The molecule has 0 unspecified atom stereocenters. The molecule has 1 aliphatic heterocycles. The summed E-state index contributed by atoms with van der Waals surface area (Å²) in [5.41, 5.74) is 2.18.